The maximum atomic E-state index is 5.99. The molecule has 0 bridgehead atoms. The molecule has 0 aromatic heterocycles. The van der Waals surface area contributed by atoms with Gasteiger partial charge in [0.25, 0.3) is 0 Å². The Balaban J connectivity index is 0.00000141. The highest BCUT2D eigenvalue weighted by Gasteiger charge is 2.58. The van der Waals surface area contributed by atoms with E-state index in [1.165, 1.54) is 13.0 Å². The highest BCUT2D eigenvalue weighted by Crippen LogP contribution is 2.56. The maximum absolute atomic E-state index is 5.99. The first kappa shape index (κ1) is 25.0. The van der Waals surface area contributed by atoms with Crippen LogP contribution in [0.1, 0.15) is 6.42 Å². The van der Waals surface area contributed by atoms with E-state index in [2.05, 4.69) is 51.7 Å². The standard InChI is InChI=1S/C25H35N7O.C2H4/c1-19(31-11-8-27-9-12-31)28-24-7-10-32(20(2)29-24)22-3-5-23(6-4-22)33-14-13-30-16-21-15-25(21,17-26)18-30;1-2/h3-7,10,21,27H,1-2,8-9,11-18,26H2,(H,28,29);1-2H2. The number of piperazine rings is 1. The van der Waals surface area contributed by atoms with E-state index in [1.54, 1.807) is 0 Å². The SMILES string of the molecule is C=C.C=C(/N=C1\C=CN(c2ccc(OCCN3CC4CC4(CN)C3)cc2)C(=C)N1)N1CCNCC1. The molecule has 4 N–H and O–H groups in total. The summed E-state index contributed by atoms with van der Waals surface area (Å²) in [4.78, 5) is 11.3. The van der Waals surface area contributed by atoms with Crippen molar-refractivity contribution in [1.29, 1.82) is 0 Å². The van der Waals surface area contributed by atoms with Crippen molar-refractivity contribution in [2.24, 2.45) is 22.1 Å². The summed E-state index contributed by atoms with van der Waals surface area (Å²) in [6.07, 6.45) is 5.23. The average molecular weight is 478 g/mol. The Kier molecular flexibility index (Phi) is 7.95. The Hall–Kier alpha value is -3.07. The number of hydrogen-bond donors (Lipinski definition) is 3. The highest BCUT2D eigenvalue weighted by molar-refractivity contribution is 5.97. The zero-order chi connectivity index (χ0) is 24.8. The van der Waals surface area contributed by atoms with Crippen molar-refractivity contribution in [3.8, 4) is 5.75 Å². The summed E-state index contributed by atoms with van der Waals surface area (Å²) in [5.74, 6) is 3.96. The van der Waals surface area contributed by atoms with E-state index in [0.717, 1.165) is 80.6 Å². The molecular weight excluding hydrogens is 438 g/mol. The van der Waals surface area contributed by atoms with Gasteiger partial charge in [0.05, 0.1) is 0 Å². The number of anilines is 1. The Bertz CT molecular complexity index is 962. The number of amidine groups is 1. The van der Waals surface area contributed by atoms with Crippen molar-refractivity contribution in [3.05, 3.63) is 74.5 Å². The number of nitrogens with two attached hydrogens (primary N) is 1. The van der Waals surface area contributed by atoms with Crippen molar-refractivity contribution in [1.82, 2.24) is 20.4 Å². The molecule has 1 saturated carbocycles. The van der Waals surface area contributed by atoms with Crippen LogP contribution < -0.4 is 26.0 Å². The van der Waals surface area contributed by atoms with Gasteiger partial charge in [-0.2, -0.15) is 0 Å². The Labute approximate surface area is 209 Å². The third-order valence-electron chi connectivity index (χ3n) is 7.25. The first-order valence-electron chi connectivity index (χ1n) is 12.4. The number of piperidine rings is 1. The van der Waals surface area contributed by atoms with Crippen LogP contribution in [0.15, 0.2) is 79.5 Å². The molecule has 1 aromatic rings. The van der Waals surface area contributed by atoms with E-state index >= 15 is 0 Å². The molecule has 1 aliphatic carbocycles. The number of aliphatic imine (C=N–C) groups is 1. The Morgan fingerprint density at radius 2 is 1.94 bits per heavy atom. The lowest BCUT2D eigenvalue weighted by Gasteiger charge is -2.30. The van der Waals surface area contributed by atoms with E-state index < -0.39 is 0 Å². The second-order valence-corrected chi connectivity index (χ2v) is 9.45. The van der Waals surface area contributed by atoms with Crippen molar-refractivity contribution in [2.75, 3.05) is 63.9 Å². The fraction of sp³-hybridized carbons (Fsp3) is 0.444. The van der Waals surface area contributed by atoms with E-state index in [0.29, 0.717) is 12.0 Å². The fourth-order valence-corrected chi connectivity index (χ4v) is 5.11. The van der Waals surface area contributed by atoms with Gasteiger partial charge in [0.2, 0.25) is 0 Å². The second-order valence-electron chi connectivity index (χ2n) is 9.45. The third-order valence-corrected chi connectivity index (χ3v) is 7.25. The van der Waals surface area contributed by atoms with Gasteiger partial charge in [0.1, 0.15) is 29.8 Å². The molecular formula is C27H39N7O. The van der Waals surface area contributed by atoms with Gasteiger partial charge in [0, 0.05) is 57.7 Å². The van der Waals surface area contributed by atoms with Crippen LogP contribution in [0.5, 0.6) is 5.75 Å². The minimum Gasteiger partial charge on any atom is -0.492 e. The smallest absolute Gasteiger partial charge is 0.135 e. The van der Waals surface area contributed by atoms with Gasteiger partial charge in [-0.3, -0.25) is 4.90 Å². The molecule has 0 spiro atoms. The zero-order valence-corrected chi connectivity index (χ0v) is 20.7. The Morgan fingerprint density at radius 1 is 1.20 bits per heavy atom. The second kappa shape index (κ2) is 11.1. The van der Waals surface area contributed by atoms with Crippen LogP contribution >= 0.6 is 0 Å². The minimum absolute atomic E-state index is 0.420. The molecule has 0 radical (unpaired) electrons. The molecule has 8 heteroatoms. The highest BCUT2D eigenvalue weighted by atomic mass is 16.5. The van der Waals surface area contributed by atoms with Crippen molar-refractivity contribution >= 4 is 11.5 Å². The molecule has 3 fully saturated rings. The molecule has 5 rings (SSSR count). The van der Waals surface area contributed by atoms with Crippen molar-refractivity contribution < 1.29 is 4.74 Å². The first-order valence-corrected chi connectivity index (χ1v) is 12.4. The molecule has 3 aliphatic heterocycles. The van der Waals surface area contributed by atoms with Gasteiger partial charge in [-0.15, -0.1) is 13.2 Å². The summed E-state index contributed by atoms with van der Waals surface area (Å²) in [6.45, 7) is 22.8. The number of nitrogens with zero attached hydrogens (tertiary/aromatic N) is 4. The molecule has 35 heavy (non-hydrogen) atoms. The summed E-state index contributed by atoms with van der Waals surface area (Å²) >= 11 is 0. The maximum Gasteiger partial charge on any atom is 0.135 e. The third kappa shape index (κ3) is 5.78. The van der Waals surface area contributed by atoms with Gasteiger partial charge < -0.3 is 30.9 Å². The Morgan fingerprint density at radius 3 is 2.60 bits per heavy atom. The van der Waals surface area contributed by atoms with Gasteiger partial charge in [-0.25, -0.2) is 4.99 Å². The summed E-state index contributed by atoms with van der Waals surface area (Å²) in [5, 5.41) is 6.62. The lowest BCUT2D eigenvalue weighted by Crippen LogP contribution is -2.43. The molecule has 1 aromatic carbocycles. The summed E-state index contributed by atoms with van der Waals surface area (Å²) in [7, 11) is 0. The van der Waals surface area contributed by atoms with E-state index in [4.69, 9.17) is 10.5 Å². The van der Waals surface area contributed by atoms with Crippen molar-refractivity contribution in [2.45, 2.75) is 6.42 Å². The number of benzene rings is 1. The van der Waals surface area contributed by atoms with Crippen LogP contribution in [0.3, 0.4) is 0 Å². The molecule has 2 saturated heterocycles. The predicted molar refractivity (Wildman–Crippen MR) is 144 cm³/mol. The summed E-state index contributed by atoms with van der Waals surface area (Å²) in [5.41, 5.74) is 7.38. The number of hydrogen-bond acceptors (Lipinski definition) is 7. The lowest BCUT2D eigenvalue weighted by molar-refractivity contribution is 0.214. The minimum atomic E-state index is 0.420. The number of rotatable bonds is 8. The van der Waals surface area contributed by atoms with Gasteiger partial charge in [-0.05, 0) is 54.6 Å². The molecule has 2 unspecified atom stereocenters. The molecule has 8 nitrogen and oxygen atoms in total. The van der Waals surface area contributed by atoms with E-state index in [1.807, 2.05) is 41.4 Å². The summed E-state index contributed by atoms with van der Waals surface area (Å²) < 4.78 is 5.99. The molecule has 2 atom stereocenters. The number of nitrogens with one attached hydrogen (secondary N) is 2. The van der Waals surface area contributed by atoms with E-state index in [9.17, 15) is 0 Å². The number of ether oxygens (including phenoxy) is 1. The number of fused-ring (bicyclic) bond motifs is 1. The molecule has 188 valence electrons. The van der Waals surface area contributed by atoms with Crippen LogP contribution in [-0.2, 0) is 0 Å². The zero-order valence-electron chi connectivity index (χ0n) is 20.7. The monoisotopic (exact) mass is 477 g/mol. The van der Waals surface area contributed by atoms with Crippen LogP contribution in [0.2, 0.25) is 0 Å². The van der Waals surface area contributed by atoms with Gasteiger partial charge >= 0.3 is 0 Å². The van der Waals surface area contributed by atoms with Crippen LogP contribution in [0.4, 0.5) is 5.69 Å². The molecule has 4 aliphatic rings. The average Bonchev–Trinajstić information content (AvgIpc) is 3.46. The van der Waals surface area contributed by atoms with Crippen LogP contribution in [-0.4, -0.2) is 74.6 Å². The normalized spacial score (nSPS) is 26.6. The lowest BCUT2D eigenvalue weighted by atomic mass is 10.1. The van der Waals surface area contributed by atoms with Crippen LogP contribution in [0, 0.1) is 11.3 Å². The molecule has 3 heterocycles. The summed E-state index contributed by atoms with van der Waals surface area (Å²) in [6, 6.07) is 8.11. The topological polar surface area (TPSA) is 81.4 Å². The van der Waals surface area contributed by atoms with Crippen molar-refractivity contribution in [3.63, 3.8) is 0 Å². The fourth-order valence-electron chi connectivity index (χ4n) is 5.11. The first-order chi connectivity index (χ1) is 17.1. The van der Waals surface area contributed by atoms with E-state index in [-0.39, 0.29) is 0 Å². The largest absolute Gasteiger partial charge is 0.492 e. The quantitative estimate of drug-likeness (QED) is 0.496. The number of likely N-dealkylation sites (tertiary alicyclic amines) is 1. The van der Waals surface area contributed by atoms with Gasteiger partial charge in [0.15, 0.2) is 0 Å². The van der Waals surface area contributed by atoms with Gasteiger partial charge in [-0.1, -0.05) is 13.2 Å². The molecule has 0 amide bonds. The predicted octanol–water partition coefficient (Wildman–Crippen LogP) is 2.32. The van der Waals surface area contributed by atoms with Crippen LogP contribution in [0.25, 0.3) is 0 Å².